The van der Waals surface area contributed by atoms with E-state index in [0.717, 1.165) is 17.8 Å². The summed E-state index contributed by atoms with van der Waals surface area (Å²) >= 11 is 0. The summed E-state index contributed by atoms with van der Waals surface area (Å²) in [4.78, 5) is 0. The van der Waals surface area contributed by atoms with Crippen molar-refractivity contribution in [2.75, 3.05) is 27.2 Å². The highest BCUT2D eigenvalue weighted by Crippen LogP contribution is 2.44. The van der Waals surface area contributed by atoms with Crippen molar-refractivity contribution in [1.82, 2.24) is 0 Å². The van der Waals surface area contributed by atoms with Crippen molar-refractivity contribution in [3.8, 4) is 0 Å². The van der Waals surface area contributed by atoms with Crippen molar-refractivity contribution >= 4 is 0 Å². The molecule has 0 radical (unpaired) electrons. The van der Waals surface area contributed by atoms with Gasteiger partial charge in [0.15, 0.2) is 0 Å². The predicted octanol–water partition coefficient (Wildman–Crippen LogP) is 3.08. The van der Waals surface area contributed by atoms with Crippen LogP contribution < -0.4 is 0 Å². The predicted molar refractivity (Wildman–Crippen MR) is 65.6 cm³/mol. The molecule has 0 aromatic rings. The molecule has 0 spiro atoms. The van der Waals surface area contributed by atoms with Crippen LogP contribution in [0.5, 0.6) is 0 Å². The van der Waals surface area contributed by atoms with E-state index >= 15 is 0 Å². The fourth-order valence-corrected chi connectivity index (χ4v) is 3.42. The summed E-state index contributed by atoms with van der Waals surface area (Å²) in [6.45, 7) is 5.04. The summed E-state index contributed by atoms with van der Waals surface area (Å²) in [6.07, 6.45) is 10.6. The smallest absolute Gasteiger partial charge is 0.0817 e. The van der Waals surface area contributed by atoms with Crippen molar-refractivity contribution in [2.45, 2.75) is 32.6 Å². The van der Waals surface area contributed by atoms with Gasteiger partial charge in [-0.1, -0.05) is 25.5 Å². The van der Waals surface area contributed by atoms with Crippen molar-refractivity contribution in [1.29, 1.82) is 0 Å². The van der Waals surface area contributed by atoms with Gasteiger partial charge in [0.05, 0.1) is 27.2 Å². The summed E-state index contributed by atoms with van der Waals surface area (Å²) < 4.78 is 1.23. The average Bonchev–Trinajstić information content (AvgIpc) is 2.75. The number of hydrogen-bond acceptors (Lipinski definition) is 0. The highest BCUT2D eigenvalue weighted by Gasteiger charge is 2.38. The normalized spacial score (nSPS) is 33.9. The van der Waals surface area contributed by atoms with Gasteiger partial charge in [0, 0.05) is 5.92 Å². The molecular formula is C14H26N+. The summed E-state index contributed by atoms with van der Waals surface area (Å²) in [5.41, 5.74) is 0. The van der Waals surface area contributed by atoms with Crippen LogP contribution in [0.4, 0.5) is 0 Å². The standard InChI is InChI=1S/C14H26N/c1-4-5-8-15(2,3)11-14-10-12-6-7-13(14)9-12/h6-7,12-14H,4-5,8-11H2,1-3H3/q+1/t12-,13+,14?/m1/s1. The Morgan fingerprint density at radius 2 is 2.00 bits per heavy atom. The second-order valence-corrected chi connectivity index (χ2v) is 6.24. The molecule has 0 N–H and O–H groups in total. The lowest BCUT2D eigenvalue weighted by molar-refractivity contribution is -0.894. The molecule has 86 valence electrons. The van der Waals surface area contributed by atoms with Crippen molar-refractivity contribution in [2.24, 2.45) is 17.8 Å². The lowest BCUT2D eigenvalue weighted by atomic mass is 9.92. The molecule has 0 heterocycles. The van der Waals surface area contributed by atoms with E-state index in [-0.39, 0.29) is 0 Å². The van der Waals surface area contributed by atoms with E-state index in [0.29, 0.717) is 0 Å². The maximum atomic E-state index is 2.48. The van der Waals surface area contributed by atoms with Gasteiger partial charge in [-0.05, 0) is 31.1 Å². The second-order valence-electron chi connectivity index (χ2n) is 6.24. The fraction of sp³-hybridized carbons (Fsp3) is 0.857. The molecular weight excluding hydrogens is 182 g/mol. The summed E-state index contributed by atoms with van der Waals surface area (Å²) in [6, 6.07) is 0. The molecule has 1 nitrogen and oxygen atoms in total. The van der Waals surface area contributed by atoms with Crippen LogP contribution in [0.25, 0.3) is 0 Å². The summed E-state index contributed by atoms with van der Waals surface area (Å²) in [5.74, 6) is 2.84. The molecule has 1 saturated carbocycles. The number of hydrogen-bond donors (Lipinski definition) is 0. The molecule has 2 aliphatic carbocycles. The zero-order valence-corrected chi connectivity index (χ0v) is 10.6. The van der Waals surface area contributed by atoms with Crippen molar-refractivity contribution in [3.05, 3.63) is 12.2 Å². The number of allylic oxidation sites excluding steroid dienone is 2. The zero-order chi connectivity index (χ0) is 10.9. The average molecular weight is 208 g/mol. The Labute approximate surface area is 94.8 Å². The fourth-order valence-electron chi connectivity index (χ4n) is 3.42. The Morgan fingerprint density at radius 3 is 2.53 bits per heavy atom. The van der Waals surface area contributed by atoms with E-state index in [1.54, 1.807) is 0 Å². The Balaban J connectivity index is 1.83. The number of unbranched alkanes of at least 4 members (excludes halogenated alkanes) is 1. The van der Waals surface area contributed by atoms with Gasteiger partial charge in [0.1, 0.15) is 0 Å². The third-order valence-corrected chi connectivity index (χ3v) is 4.26. The van der Waals surface area contributed by atoms with Crippen LogP contribution in [-0.2, 0) is 0 Å². The van der Waals surface area contributed by atoms with Gasteiger partial charge < -0.3 is 4.48 Å². The van der Waals surface area contributed by atoms with Gasteiger partial charge in [-0.25, -0.2) is 0 Å². The quantitative estimate of drug-likeness (QED) is 0.481. The molecule has 2 rings (SSSR count). The monoisotopic (exact) mass is 208 g/mol. The van der Waals surface area contributed by atoms with Crippen LogP contribution in [0.1, 0.15) is 32.6 Å². The molecule has 2 bridgehead atoms. The van der Waals surface area contributed by atoms with Crippen LogP contribution in [0.3, 0.4) is 0 Å². The Bertz CT molecular complexity index is 242. The Hall–Kier alpha value is -0.300. The van der Waals surface area contributed by atoms with E-state index in [1.165, 1.54) is 43.3 Å². The third kappa shape index (κ3) is 2.63. The maximum Gasteiger partial charge on any atom is 0.0817 e. The first-order chi connectivity index (χ1) is 7.11. The summed E-state index contributed by atoms with van der Waals surface area (Å²) in [7, 11) is 4.82. The van der Waals surface area contributed by atoms with Crippen molar-refractivity contribution in [3.63, 3.8) is 0 Å². The first-order valence-electron chi connectivity index (χ1n) is 6.61. The Kier molecular flexibility index (Phi) is 3.20. The summed E-state index contributed by atoms with van der Waals surface area (Å²) in [5, 5.41) is 0. The number of rotatable bonds is 5. The molecule has 0 saturated heterocycles. The molecule has 1 heteroatoms. The highest BCUT2D eigenvalue weighted by atomic mass is 15.3. The molecule has 2 aliphatic rings. The molecule has 1 fully saturated rings. The minimum atomic E-state index is 0.925. The van der Waals surface area contributed by atoms with Gasteiger partial charge in [-0.3, -0.25) is 0 Å². The first-order valence-corrected chi connectivity index (χ1v) is 6.61. The van der Waals surface area contributed by atoms with E-state index in [1.807, 2.05) is 0 Å². The van der Waals surface area contributed by atoms with Crippen LogP contribution >= 0.6 is 0 Å². The van der Waals surface area contributed by atoms with Gasteiger partial charge in [0.25, 0.3) is 0 Å². The van der Waals surface area contributed by atoms with Crippen LogP contribution in [-0.4, -0.2) is 31.7 Å². The van der Waals surface area contributed by atoms with Gasteiger partial charge in [0.2, 0.25) is 0 Å². The second kappa shape index (κ2) is 4.29. The minimum absolute atomic E-state index is 0.925. The molecule has 0 aromatic carbocycles. The first kappa shape index (κ1) is 11.2. The van der Waals surface area contributed by atoms with Gasteiger partial charge in [-0.15, -0.1) is 0 Å². The largest absolute Gasteiger partial charge is 0.328 e. The molecule has 3 atom stereocenters. The van der Waals surface area contributed by atoms with E-state index in [2.05, 4.69) is 33.2 Å². The molecule has 0 aromatic heterocycles. The van der Waals surface area contributed by atoms with Gasteiger partial charge >= 0.3 is 0 Å². The number of fused-ring (bicyclic) bond motifs is 2. The van der Waals surface area contributed by atoms with Crippen LogP contribution in [0.15, 0.2) is 12.2 Å². The van der Waals surface area contributed by atoms with E-state index < -0.39 is 0 Å². The number of quaternary nitrogens is 1. The molecule has 0 aliphatic heterocycles. The topological polar surface area (TPSA) is 0 Å². The third-order valence-electron chi connectivity index (χ3n) is 4.26. The highest BCUT2D eigenvalue weighted by molar-refractivity contribution is 5.09. The van der Waals surface area contributed by atoms with E-state index in [9.17, 15) is 0 Å². The number of nitrogens with zero attached hydrogens (tertiary/aromatic N) is 1. The SMILES string of the molecule is CCCC[N+](C)(C)CC1C[C@@H]2C=C[C@H]1C2. The maximum absolute atomic E-state index is 2.48. The van der Waals surface area contributed by atoms with Crippen LogP contribution in [0, 0.1) is 17.8 Å². The van der Waals surface area contributed by atoms with Gasteiger partial charge in [-0.2, -0.15) is 0 Å². The molecule has 1 unspecified atom stereocenters. The van der Waals surface area contributed by atoms with E-state index in [4.69, 9.17) is 0 Å². The zero-order valence-electron chi connectivity index (χ0n) is 10.6. The Morgan fingerprint density at radius 1 is 1.20 bits per heavy atom. The lowest BCUT2D eigenvalue weighted by Gasteiger charge is -2.34. The minimum Gasteiger partial charge on any atom is -0.328 e. The lowest BCUT2D eigenvalue weighted by Crippen LogP contribution is -2.44. The van der Waals surface area contributed by atoms with Crippen LogP contribution in [0.2, 0.25) is 0 Å². The van der Waals surface area contributed by atoms with Crippen molar-refractivity contribution < 1.29 is 4.48 Å². The molecule has 15 heavy (non-hydrogen) atoms. The molecule has 0 amide bonds.